The summed E-state index contributed by atoms with van der Waals surface area (Å²) in [5.41, 5.74) is -0.590. The molecule has 1 aliphatic heterocycles. The van der Waals surface area contributed by atoms with E-state index < -0.39 is 46.7 Å². The first-order valence-corrected chi connectivity index (χ1v) is 10.1. The Labute approximate surface area is 176 Å². The van der Waals surface area contributed by atoms with Crippen LogP contribution in [0.5, 0.6) is 0 Å². The van der Waals surface area contributed by atoms with Crippen LogP contribution in [0.15, 0.2) is 41.5 Å². The van der Waals surface area contributed by atoms with Crippen LogP contribution in [0.25, 0.3) is 0 Å². The van der Waals surface area contributed by atoms with Crippen molar-refractivity contribution >= 4 is 17.8 Å². The van der Waals surface area contributed by atoms with Gasteiger partial charge in [-0.2, -0.15) is 5.10 Å². The second-order valence-corrected chi connectivity index (χ2v) is 9.26. The lowest BCUT2D eigenvalue weighted by Gasteiger charge is -2.73. The zero-order valence-electron chi connectivity index (χ0n) is 15.8. The quantitative estimate of drug-likeness (QED) is 0.609. The number of hydrazone groups is 1. The second kappa shape index (κ2) is 6.69. The molecular weight excluding hydrogens is 420 g/mol. The molecule has 3 fully saturated rings. The second-order valence-electron chi connectivity index (χ2n) is 8.83. The molecule has 1 N–H and O–H groups in total. The lowest BCUT2D eigenvalue weighted by Crippen LogP contribution is -2.70. The lowest BCUT2D eigenvalue weighted by atomic mass is 9.33. The predicted molar refractivity (Wildman–Crippen MR) is 104 cm³/mol. The van der Waals surface area contributed by atoms with E-state index in [1.165, 1.54) is 23.2 Å². The van der Waals surface area contributed by atoms with Crippen molar-refractivity contribution in [2.75, 3.05) is 0 Å². The molecule has 2 aromatic rings. The summed E-state index contributed by atoms with van der Waals surface area (Å²) in [5, 5.41) is 16.8. The zero-order valence-corrected chi connectivity index (χ0v) is 16.6. The molecule has 0 aromatic heterocycles. The number of aliphatic hydroxyl groups excluding tert-OH is 1. The van der Waals surface area contributed by atoms with Crippen molar-refractivity contribution in [3.05, 3.63) is 70.0 Å². The van der Waals surface area contributed by atoms with E-state index in [9.17, 15) is 18.3 Å². The maximum absolute atomic E-state index is 15.2. The molecule has 6 rings (SSSR count). The van der Waals surface area contributed by atoms with Crippen molar-refractivity contribution in [3.63, 3.8) is 0 Å². The Bertz CT molecular complexity index is 986. The smallest absolute Gasteiger partial charge is 0.148 e. The minimum atomic E-state index is -1.38. The number of alkyl halides is 1. The maximum Gasteiger partial charge on any atom is 0.148 e. The Morgan fingerprint density at radius 3 is 2.23 bits per heavy atom. The first-order chi connectivity index (χ1) is 14.2. The van der Waals surface area contributed by atoms with Crippen molar-refractivity contribution in [1.82, 2.24) is 5.01 Å². The number of rotatable bonds is 5. The van der Waals surface area contributed by atoms with Gasteiger partial charge in [0.1, 0.15) is 29.9 Å². The fourth-order valence-corrected chi connectivity index (χ4v) is 5.80. The van der Waals surface area contributed by atoms with Crippen LogP contribution in [0.2, 0.25) is 5.02 Å². The number of hydrogen-bond acceptors (Lipinski definition) is 3. The molecular formula is C22H19ClF4N2O. The lowest BCUT2D eigenvalue weighted by molar-refractivity contribution is -0.313. The largest absolute Gasteiger partial charge is 0.371 e. The summed E-state index contributed by atoms with van der Waals surface area (Å²) in [7, 11) is 0. The number of benzene rings is 2. The van der Waals surface area contributed by atoms with E-state index in [0.717, 1.165) is 18.2 Å². The van der Waals surface area contributed by atoms with Gasteiger partial charge >= 0.3 is 0 Å². The van der Waals surface area contributed by atoms with Gasteiger partial charge in [0, 0.05) is 34.6 Å². The minimum Gasteiger partial charge on any atom is -0.371 e. The molecule has 30 heavy (non-hydrogen) atoms. The summed E-state index contributed by atoms with van der Waals surface area (Å²) in [6.07, 6.45) is 0.901. The van der Waals surface area contributed by atoms with Crippen molar-refractivity contribution in [1.29, 1.82) is 0 Å². The summed E-state index contributed by atoms with van der Waals surface area (Å²) in [4.78, 5) is 0. The molecule has 3 atom stereocenters. The van der Waals surface area contributed by atoms with Crippen LogP contribution in [-0.2, 0) is 0 Å². The van der Waals surface area contributed by atoms with Gasteiger partial charge in [-0.15, -0.1) is 0 Å². The first kappa shape index (κ1) is 19.8. The fraction of sp³-hybridized carbons (Fsp3) is 0.409. The summed E-state index contributed by atoms with van der Waals surface area (Å²) < 4.78 is 56.1. The molecule has 8 heteroatoms. The Balaban J connectivity index is 1.32. The van der Waals surface area contributed by atoms with Gasteiger partial charge in [-0.25, -0.2) is 17.6 Å². The van der Waals surface area contributed by atoms with E-state index in [1.54, 1.807) is 6.21 Å². The molecule has 0 radical (unpaired) electrons. The Morgan fingerprint density at radius 1 is 0.967 bits per heavy atom. The highest BCUT2D eigenvalue weighted by Crippen LogP contribution is 2.79. The predicted octanol–water partition coefficient (Wildman–Crippen LogP) is 5.69. The highest BCUT2D eigenvalue weighted by atomic mass is 35.5. The van der Waals surface area contributed by atoms with Crippen LogP contribution in [0.3, 0.4) is 0 Å². The molecule has 3 nitrogen and oxygen atoms in total. The Hall–Kier alpha value is -2.12. The van der Waals surface area contributed by atoms with Crippen molar-refractivity contribution in [2.45, 2.75) is 44.1 Å². The standard InChI is InChI=1S/C22H19ClF4N2O/c23-14-3-13(6-15(24)7-14)19(27)21-9-22(10-21,11-21)20(30)29-18(1-2-28-29)12-4-16(25)8-17(26)5-12/h2-8,18-20,30H,1,9-11H2. The van der Waals surface area contributed by atoms with Gasteiger partial charge in [0.15, 0.2) is 0 Å². The number of nitrogens with zero attached hydrogens (tertiary/aromatic N) is 2. The van der Waals surface area contributed by atoms with Crippen molar-refractivity contribution in [2.24, 2.45) is 15.9 Å². The number of halogens is 5. The van der Waals surface area contributed by atoms with Gasteiger partial charge in [0.25, 0.3) is 0 Å². The summed E-state index contributed by atoms with van der Waals surface area (Å²) in [6.45, 7) is 0. The van der Waals surface area contributed by atoms with Crippen molar-refractivity contribution in [3.8, 4) is 0 Å². The number of aliphatic hydroxyl groups is 1. The van der Waals surface area contributed by atoms with Gasteiger partial charge in [-0.1, -0.05) is 11.6 Å². The van der Waals surface area contributed by atoms with Crippen molar-refractivity contribution < 1.29 is 22.7 Å². The highest BCUT2D eigenvalue weighted by Gasteiger charge is 2.74. The molecule has 4 aliphatic rings. The molecule has 158 valence electrons. The van der Waals surface area contributed by atoms with Gasteiger partial charge in [-0.3, -0.25) is 5.01 Å². The topological polar surface area (TPSA) is 35.8 Å². The molecule has 3 unspecified atom stereocenters. The molecule has 1 heterocycles. The van der Waals surface area contributed by atoms with Crippen LogP contribution in [-0.4, -0.2) is 22.6 Å². The summed E-state index contributed by atoms with van der Waals surface area (Å²) >= 11 is 5.86. The minimum absolute atomic E-state index is 0.144. The van der Waals surface area contributed by atoms with Gasteiger partial charge < -0.3 is 5.11 Å². The molecule has 2 bridgehead atoms. The third-order valence-electron chi connectivity index (χ3n) is 6.76. The molecule has 2 aromatic carbocycles. The normalized spacial score (nSPS) is 31.3. The van der Waals surface area contributed by atoms with E-state index in [2.05, 4.69) is 5.10 Å². The van der Waals surface area contributed by atoms with Crippen LogP contribution < -0.4 is 0 Å². The SMILES string of the molecule is OC(N1N=CCC1c1cc(F)cc(F)c1)C12CC(C(F)c3cc(F)cc(Cl)c3)(C1)C2. The van der Waals surface area contributed by atoms with E-state index in [0.29, 0.717) is 31.2 Å². The Kier molecular flexibility index (Phi) is 4.42. The van der Waals surface area contributed by atoms with Crippen LogP contribution >= 0.6 is 11.6 Å². The maximum atomic E-state index is 15.2. The van der Waals surface area contributed by atoms with E-state index >= 15 is 4.39 Å². The third kappa shape index (κ3) is 2.94. The average Bonchev–Trinajstić information content (AvgIpc) is 3.07. The fourth-order valence-electron chi connectivity index (χ4n) is 5.57. The third-order valence-corrected chi connectivity index (χ3v) is 6.98. The molecule has 3 saturated carbocycles. The highest BCUT2D eigenvalue weighted by molar-refractivity contribution is 6.30. The average molecular weight is 439 g/mol. The van der Waals surface area contributed by atoms with Gasteiger partial charge in [0.2, 0.25) is 0 Å². The van der Waals surface area contributed by atoms with Gasteiger partial charge in [0.05, 0.1) is 6.04 Å². The summed E-state index contributed by atoms with van der Waals surface area (Å²) in [5.74, 6) is -1.97. The number of hydrogen-bond donors (Lipinski definition) is 1. The summed E-state index contributed by atoms with van der Waals surface area (Å²) in [6, 6.07) is 6.49. The Morgan fingerprint density at radius 2 is 1.60 bits per heavy atom. The molecule has 3 aliphatic carbocycles. The van der Waals surface area contributed by atoms with Gasteiger partial charge in [-0.05, 0) is 60.7 Å². The van der Waals surface area contributed by atoms with Crippen LogP contribution in [0, 0.1) is 28.3 Å². The first-order valence-electron chi connectivity index (χ1n) is 9.76. The van der Waals surface area contributed by atoms with Crippen LogP contribution in [0.4, 0.5) is 17.6 Å². The van der Waals surface area contributed by atoms with E-state index in [1.807, 2.05) is 0 Å². The molecule has 0 saturated heterocycles. The molecule has 0 amide bonds. The van der Waals surface area contributed by atoms with E-state index in [4.69, 9.17) is 11.6 Å². The van der Waals surface area contributed by atoms with Crippen LogP contribution in [0.1, 0.15) is 49.0 Å². The zero-order chi connectivity index (χ0) is 21.3. The molecule has 0 spiro atoms. The monoisotopic (exact) mass is 438 g/mol. The van der Waals surface area contributed by atoms with E-state index in [-0.39, 0.29) is 10.6 Å².